The first-order valence-electron chi connectivity index (χ1n) is 4.81. The van der Waals surface area contributed by atoms with E-state index in [1.54, 1.807) is 0 Å². The van der Waals surface area contributed by atoms with Crippen molar-refractivity contribution in [1.29, 1.82) is 0 Å². The Labute approximate surface area is 78.6 Å². The van der Waals surface area contributed by atoms with Gasteiger partial charge >= 0.3 is 5.97 Å². The Hall–Kier alpha value is -0.610. The van der Waals surface area contributed by atoms with Gasteiger partial charge in [0, 0.05) is 26.1 Å². The maximum Gasteiger partial charge on any atom is 0.305 e. The van der Waals surface area contributed by atoms with Crippen molar-refractivity contribution in [2.75, 3.05) is 26.3 Å². The number of carbonyl (C=O) groups excluding carboxylic acids is 1. The van der Waals surface area contributed by atoms with Crippen molar-refractivity contribution in [3.05, 3.63) is 0 Å². The second-order valence-corrected chi connectivity index (χ2v) is 3.06. The van der Waals surface area contributed by atoms with Crippen LogP contribution in [0.5, 0.6) is 0 Å². The molecule has 1 fully saturated rings. The van der Waals surface area contributed by atoms with Gasteiger partial charge in [-0.1, -0.05) is 0 Å². The smallest absolute Gasteiger partial charge is 0.305 e. The highest BCUT2D eigenvalue weighted by atomic mass is 16.5. The minimum atomic E-state index is -0.127. The highest BCUT2D eigenvalue weighted by molar-refractivity contribution is 5.69. The summed E-state index contributed by atoms with van der Waals surface area (Å²) in [6.07, 6.45) is 1.59. The Kier molecular flexibility index (Phi) is 4.78. The van der Waals surface area contributed by atoms with Crippen LogP contribution in [0.3, 0.4) is 0 Å². The molecule has 0 atom stereocenters. The van der Waals surface area contributed by atoms with E-state index < -0.39 is 0 Å². The average molecular weight is 187 g/mol. The number of esters is 1. The van der Waals surface area contributed by atoms with Gasteiger partial charge in [0.05, 0.1) is 12.7 Å². The molecule has 0 amide bonds. The zero-order chi connectivity index (χ0) is 9.52. The molecule has 1 saturated heterocycles. The maximum atomic E-state index is 10.9. The number of hydrogen-bond donors (Lipinski definition) is 1. The number of rotatable bonds is 6. The Balaban J connectivity index is 1.85. The van der Waals surface area contributed by atoms with Crippen LogP contribution in [0.1, 0.15) is 19.8 Å². The topological polar surface area (TPSA) is 47.6 Å². The first-order chi connectivity index (χ1) is 6.33. The first-order valence-corrected chi connectivity index (χ1v) is 4.81. The molecule has 0 spiro atoms. The summed E-state index contributed by atoms with van der Waals surface area (Å²) in [4.78, 5) is 10.9. The Morgan fingerprint density at radius 1 is 1.54 bits per heavy atom. The van der Waals surface area contributed by atoms with Crippen molar-refractivity contribution in [1.82, 2.24) is 5.32 Å². The summed E-state index contributed by atoms with van der Waals surface area (Å²) in [7, 11) is 0. The lowest BCUT2D eigenvalue weighted by molar-refractivity contribution is -0.143. The molecule has 0 aromatic carbocycles. The lowest BCUT2D eigenvalue weighted by Crippen LogP contribution is -2.48. The average Bonchev–Trinajstić information content (AvgIpc) is 2.01. The molecule has 0 aromatic rings. The van der Waals surface area contributed by atoms with Gasteiger partial charge in [-0.25, -0.2) is 0 Å². The van der Waals surface area contributed by atoms with Crippen molar-refractivity contribution < 1.29 is 14.3 Å². The Bertz CT molecular complexity index is 157. The highest BCUT2D eigenvalue weighted by Crippen LogP contribution is 2.00. The van der Waals surface area contributed by atoms with Gasteiger partial charge in [0.2, 0.25) is 0 Å². The predicted octanol–water partition coefficient (Wildman–Crippen LogP) is 0.318. The molecule has 0 unspecified atom stereocenters. The molecular weight excluding hydrogens is 170 g/mol. The van der Waals surface area contributed by atoms with Gasteiger partial charge < -0.3 is 14.8 Å². The van der Waals surface area contributed by atoms with Crippen LogP contribution in [-0.4, -0.2) is 38.4 Å². The summed E-state index contributed by atoms with van der Waals surface area (Å²) in [5.41, 5.74) is 0. The molecule has 0 bridgehead atoms. The van der Waals surface area contributed by atoms with Crippen molar-refractivity contribution in [3.8, 4) is 0 Å². The van der Waals surface area contributed by atoms with Crippen LogP contribution in [0.4, 0.5) is 0 Å². The zero-order valence-electron chi connectivity index (χ0n) is 8.04. The second kappa shape index (κ2) is 5.94. The minimum absolute atomic E-state index is 0.127. The normalized spacial score (nSPS) is 16.7. The van der Waals surface area contributed by atoms with E-state index in [9.17, 15) is 4.79 Å². The summed E-state index contributed by atoms with van der Waals surface area (Å²) in [6.45, 7) is 4.82. The standard InChI is InChI=1S/C9H17NO3/c1-2-12-9(11)4-3-5-13-8-6-10-7-8/h8,10H,2-7H2,1H3. The van der Waals surface area contributed by atoms with E-state index in [0.717, 1.165) is 19.5 Å². The molecule has 0 saturated carbocycles. The lowest BCUT2D eigenvalue weighted by atomic mass is 10.2. The van der Waals surface area contributed by atoms with E-state index in [-0.39, 0.29) is 5.97 Å². The van der Waals surface area contributed by atoms with E-state index in [2.05, 4.69) is 5.32 Å². The van der Waals surface area contributed by atoms with E-state index in [1.807, 2.05) is 6.92 Å². The molecule has 1 aliphatic heterocycles. The van der Waals surface area contributed by atoms with Gasteiger partial charge in [-0.05, 0) is 13.3 Å². The third-order valence-corrected chi connectivity index (χ3v) is 1.93. The first kappa shape index (κ1) is 10.5. The molecule has 1 heterocycles. The van der Waals surface area contributed by atoms with Crippen LogP contribution in [0.15, 0.2) is 0 Å². The van der Waals surface area contributed by atoms with Crippen LogP contribution in [-0.2, 0) is 14.3 Å². The largest absolute Gasteiger partial charge is 0.466 e. The lowest BCUT2D eigenvalue weighted by Gasteiger charge is -2.26. The van der Waals surface area contributed by atoms with Crippen LogP contribution in [0, 0.1) is 0 Å². The fraction of sp³-hybridized carbons (Fsp3) is 0.889. The van der Waals surface area contributed by atoms with Crippen LogP contribution in [0.2, 0.25) is 0 Å². The molecule has 4 heteroatoms. The molecule has 0 aromatic heterocycles. The third kappa shape index (κ3) is 4.24. The summed E-state index contributed by atoms with van der Waals surface area (Å²) >= 11 is 0. The summed E-state index contributed by atoms with van der Waals surface area (Å²) in [5.74, 6) is -0.127. The van der Waals surface area contributed by atoms with Crippen LogP contribution < -0.4 is 5.32 Å². The predicted molar refractivity (Wildman–Crippen MR) is 48.5 cm³/mol. The maximum absolute atomic E-state index is 10.9. The zero-order valence-corrected chi connectivity index (χ0v) is 8.04. The molecule has 1 aliphatic rings. The summed E-state index contributed by atoms with van der Waals surface area (Å²) in [5, 5.41) is 3.11. The quantitative estimate of drug-likeness (QED) is 0.480. The Morgan fingerprint density at radius 3 is 2.85 bits per heavy atom. The van der Waals surface area contributed by atoms with Gasteiger partial charge in [-0.15, -0.1) is 0 Å². The number of hydrogen-bond acceptors (Lipinski definition) is 4. The third-order valence-electron chi connectivity index (χ3n) is 1.93. The van der Waals surface area contributed by atoms with Gasteiger partial charge in [0.1, 0.15) is 0 Å². The van der Waals surface area contributed by atoms with Crippen molar-refractivity contribution in [2.24, 2.45) is 0 Å². The summed E-state index contributed by atoms with van der Waals surface area (Å²) in [6, 6.07) is 0. The number of ether oxygens (including phenoxy) is 2. The van der Waals surface area contributed by atoms with E-state index in [0.29, 0.717) is 25.7 Å². The molecule has 76 valence electrons. The van der Waals surface area contributed by atoms with Gasteiger partial charge in [-0.2, -0.15) is 0 Å². The van der Waals surface area contributed by atoms with Gasteiger partial charge in [-0.3, -0.25) is 4.79 Å². The van der Waals surface area contributed by atoms with Gasteiger partial charge in [0.15, 0.2) is 0 Å². The molecule has 13 heavy (non-hydrogen) atoms. The number of carbonyl (C=O) groups is 1. The molecule has 0 aliphatic carbocycles. The fourth-order valence-corrected chi connectivity index (χ4v) is 1.08. The Morgan fingerprint density at radius 2 is 2.31 bits per heavy atom. The second-order valence-electron chi connectivity index (χ2n) is 3.06. The van der Waals surface area contributed by atoms with Crippen LogP contribution >= 0.6 is 0 Å². The summed E-state index contributed by atoms with van der Waals surface area (Å²) < 4.78 is 10.2. The van der Waals surface area contributed by atoms with Crippen molar-refractivity contribution >= 4 is 5.97 Å². The molecule has 4 nitrogen and oxygen atoms in total. The van der Waals surface area contributed by atoms with Crippen molar-refractivity contribution in [2.45, 2.75) is 25.9 Å². The van der Waals surface area contributed by atoms with Crippen LogP contribution in [0.25, 0.3) is 0 Å². The van der Waals surface area contributed by atoms with E-state index >= 15 is 0 Å². The van der Waals surface area contributed by atoms with E-state index in [4.69, 9.17) is 9.47 Å². The minimum Gasteiger partial charge on any atom is -0.466 e. The SMILES string of the molecule is CCOC(=O)CCCOC1CNC1. The number of nitrogens with one attached hydrogen (secondary N) is 1. The molecular formula is C9H17NO3. The fourth-order valence-electron chi connectivity index (χ4n) is 1.08. The molecule has 1 N–H and O–H groups in total. The van der Waals surface area contributed by atoms with Crippen molar-refractivity contribution in [3.63, 3.8) is 0 Å². The van der Waals surface area contributed by atoms with Gasteiger partial charge in [0.25, 0.3) is 0 Å². The monoisotopic (exact) mass is 187 g/mol. The van der Waals surface area contributed by atoms with E-state index in [1.165, 1.54) is 0 Å². The highest BCUT2D eigenvalue weighted by Gasteiger charge is 2.16. The molecule has 0 radical (unpaired) electrons. The molecule has 1 rings (SSSR count).